The van der Waals surface area contributed by atoms with Crippen LogP contribution in [0.5, 0.6) is 0 Å². The number of aryl methyl sites for hydroxylation is 1. The second-order valence-electron chi connectivity index (χ2n) is 8.72. The van der Waals surface area contributed by atoms with Crippen LogP contribution >= 0.6 is 0 Å². The Labute approximate surface area is 165 Å². The third kappa shape index (κ3) is 2.82. The predicted octanol–water partition coefficient (Wildman–Crippen LogP) is 5.75. The molecule has 0 aliphatic heterocycles. The Kier molecular flexibility index (Phi) is 3.87. The van der Waals surface area contributed by atoms with Crippen molar-refractivity contribution in [2.75, 3.05) is 5.32 Å². The van der Waals surface area contributed by atoms with Gasteiger partial charge in [-0.3, -0.25) is 4.79 Å². The first-order chi connectivity index (χ1) is 13.5. The summed E-state index contributed by atoms with van der Waals surface area (Å²) < 4.78 is 0. The van der Waals surface area contributed by atoms with Crippen LogP contribution in [-0.2, 0) is 19.3 Å². The number of Topliss-reactive ketones (excluding diaryl/α,β-unsaturated/α-hetero) is 1. The number of nitrogens with zero attached hydrogens (tertiary/aromatic N) is 1. The second kappa shape index (κ2) is 6.30. The summed E-state index contributed by atoms with van der Waals surface area (Å²) in [5.74, 6) is 1.14. The summed E-state index contributed by atoms with van der Waals surface area (Å²) in [6.07, 6.45) is 3.29. The van der Waals surface area contributed by atoms with Crippen molar-refractivity contribution in [2.24, 2.45) is 5.41 Å². The average molecular weight is 368 g/mol. The molecule has 2 aliphatic carbocycles. The number of carbonyl (C=O) groups excluding carboxylic acids is 1. The first-order valence-electron chi connectivity index (χ1n) is 10.0. The number of rotatable bonds is 2. The van der Waals surface area contributed by atoms with Gasteiger partial charge in [0, 0.05) is 28.8 Å². The van der Waals surface area contributed by atoms with Gasteiger partial charge in [-0.1, -0.05) is 56.3 Å². The van der Waals surface area contributed by atoms with Crippen molar-refractivity contribution >= 4 is 17.3 Å². The van der Waals surface area contributed by atoms with Crippen LogP contribution in [0.15, 0.2) is 54.6 Å². The lowest BCUT2D eigenvalue weighted by molar-refractivity contribution is 0.0911. The Bertz CT molecular complexity index is 1080. The number of nitrogens with one attached hydrogen (secondary N) is 1. The van der Waals surface area contributed by atoms with Crippen molar-refractivity contribution in [3.63, 3.8) is 0 Å². The molecule has 3 aromatic rings. The fraction of sp³-hybridized carbons (Fsp3) is 0.280. The molecule has 28 heavy (non-hydrogen) atoms. The van der Waals surface area contributed by atoms with Crippen LogP contribution in [-0.4, -0.2) is 10.8 Å². The summed E-state index contributed by atoms with van der Waals surface area (Å²) in [6, 6.07) is 18.7. The van der Waals surface area contributed by atoms with Gasteiger partial charge in [-0.2, -0.15) is 0 Å². The standard InChI is InChI=1S/C25H24N2O/c1-25(2)14-20-23(21(28)15-25)22-18-11-7-6-8-16(18)12-13-19(22)24(27-20)26-17-9-4-3-5-10-17/h3-11H,12-15H2,1-2H3,(H,26,27). The van der Waals surface area contributed by atoms with E-state index in [1.165, 1.54) is 16.7 Å². The molecular weight excluding hydrogens is 344 g/mol. The van der Waals surface area contributed by atoms with E-state index in [0.29, 0.717) is 6.42 Å². The van der Waals surface area contributed by atoms with Gasteiger partial charge in [-0.25, -0.2) is 4.98 Å². The molecule has 0 saturated heterocycles. The van der Waals surface area contributed by atoms with E-state index in [9.17, 15) is 4.79 Å². The lowest BCUT2D eigenvalue weighted by atomic mass is 9.72. The summed E-state index contributed by atoms with van der Waals surface area (Å²) in [4.78, 5) is 18.2. The summed E-state index contributed by atoms with van der Waals surface area (Å²) >= 11 is 0. The lowest BCUT2D eigenvalue weighted by Gasteiger charge is -2.34. The SMILES string of the molecule is CC1(C)CC(=O)c2c(nc(Nc3ccccc3)c3c2-c2ccccc2CC3)C1. The van der Waals surface area contributed by atoms with E-state index < -0.39 is 0 Å². The van der Waals surface area contributed by atoms with Crippen LogP contribution in [0.4, 0.5) is 11.5 Å². The fourth-order valence-electron chi connectivity index (χ4n) is 4.68. The number of anilines is 2. The number of aromatic nitrogens is 1. The maximum Gasteiger partial charge on any atom is 0.165 e. The maximum absolute atomic E-state index is 13.2. The molecule has 0 spiro atoms. The molecular formula is C25H24N2O. The molecule has 2 aliphatic rings. The van der Waals surface area contributed by atoms with Crippen LogP contribution in [0, 0.1) is 5.41 Å². The van der Waals surface area contributed by atoms with E-state index >= 15 is 0 Å². The molecule has 1 aromatic heterocycles. The number of ketones is 1. The van der Waals surface area contributed by atoms with E-state index in [2.05, 4.69) is 55.6 Å². The monoisotopic (exact) mass is 368 g/mol. The molecule has 0 unspecified atom stereocenters. The molecule has 2 aromatic carbocycles. The van der Waals surface area contributed by atoms with Gasteiger partial charge in [0.25, 0.3) is 0 Å². The van der Waals surface area contributed by atoms with E-state index in [1.807, 2.05) is 18.2 Å². The zero-order chi connectivity index (χ0) is 19.3. The number of para-hydroxylation sites is 1. The number of hydrogen-bond acceptors (Lipinski definition) is 3. The lowest BCUT2D eigenvalue weighted by Crippen LogP contribution is -2.30. The van der Waals surface area contributed by atoms with E-state index in [-0.39, 0.29) is 11.2 Å². The third-order valence-electron chi connectivity index (χ3n) is 5.90. The minimum atomic E-state index is -0.0521. The van der Waals surface area contributed by atoms with Crippen LogP contribution in [0.3, 0.4) is 0 Å². The number of carbonyl (C=O) groups is 1. The van der Waals surface area contributed by atoms with E-state index in [4.69, 9.17) is 4.98 Å². The molecule has 1 N–H and O–H groups in total. The van der Waals surface area contributed by atoms with Crippen molar-refractivity contribution in [3.05, 3.63) is 77.0 Å². The highest BCUT2D eigenvalue weighted by Gasteiger charge is 2.37. The van der Waals surface area contributed by atoms with Gasteiger partial charge in [0.15, 0.2) is 5.78 Å². The van der Waals surface area contributed by atoms with Crippen molar-refractivity contribution in [1.82, 2.24) is 4.98 Å². The Hall–Kier alpha value is -2.94. The van der Waals surface area contributed by atoms with Crippen molar-refractivity contribution in [1.29, 1.82) is 0 Å². The Morgan fingerprint density at radius 2 is 1.64 bits per heavy atom. The molecule has 3 nitrogen and oxygen atoms in total. The molecule has 0 saturated carbocycles. The Morgan fingerprint density at radius 3 is 2.46 bits per heavy atom. The average Bonchev–Trinajstić information content (AvgIpc) is 2.67. The zero-order valence-electron chi connectivity index (χ0n) is 16.4. The quantitative estimate of drug-likeness (QED) is 0.626. The first-order valence-corrected chi connectivity index (χ1v) is 10.0. The van der Waals surface area contributed by atoms with Gasteiger partial charge in [0.2, 0.25) is 0 Å². The smallest absolute Gasteiger partial charge is 0.165 e. The van der Waals surface area contributed by atoms with Gasteiger partial charge in [0.05, 0.1) is 5.69 Å². The topological polar surface area (TPSA) is 42.0 Å². The van der Waals surface area contributed by atoms with Crippen molar-refractivity contribution in [3.8, 4) is 11.1 Å². The second-order valence-corrected chi connectivity index (χ2v) is 8.72. The van der Waals surface area contributed by atoms with E-state index in [0.717, 1.165) is 47.6 Å². The van der Waals surface area contributed by atoms with Crippen LogP contribution < -0.4 is 5.32 Å². The van der Waals surface area contributed by atoms with Gasteiger partial charge in [-0.05, 0) is 47.9 Å². The largest absolute Gasteiger partial charge is 0.340 e. The van der Waals surface area contributed by atoms with Crippen LogP contribution in [0.25, 0.3) is 11.1 Å². The summed E-state index contributed by atoms with van der Waals surface area (Å²) in [7, 11) is 0. The number of pyridine rings is 1. The van der Waals surface area contributed by atoms with Crippen molar-refractivity contribution < 1.29 is 4.79 Å². The molecule has 0 bridgehead atoms. The minimum absolute atomic E-state index is 0.0521. The molecule has 0 amide bonds. The molecule has 5 rings (SSSR count). The highest BCUT2D eigenvalue weighted by atomic mass is 16.1. The number of fused-ring (bicyclic) bond motifs is 5. The molecule has 0 fully saturated rings. The van der Waals surface area contributed by atoms with Gasteiger partial charge < -0.3 is 5.32 Å². The van der Waals surface area contributed by atoms with Gasteiger partial charge >= 0.3 is 0 Å². The normalized spacial score (nSPS) is 16.7. The molecule has 3 heteroatoms. The molecule has 1 heterocycles. The summed E-state index contributed by atoms with van der Waals surface area (Å²) in [6.45, 7) is 4.32. The Balaban J connectivity index is 1.76. The van der Waals surface area contributed by atoms with Gasteiger partial charge in [0.1, 0.15) is 5.82 Å². The maximum atomic E-state index is 13.2. The number of hydrogen-bond donors (Lipinski definition) is 1. The first kappa shape index (κ1) is 17.2. The minimum Gasteiger partial charge on any atom is -0.340 e. The van der Waals surface area contributed by atoms with Crippen LogP contribution in [0.2, 0.25) is 0 Å². The highest BCUT2D eigenvalue weighted by Crippen LogP contribution is 2.45. The van der Waals surface area contributed by atoms with Crippen molar-refractivity contribution in [2.45, 2.75) is 39.5 Å². The third-order valence-corrected chi connectivity index (χ3v) is 5.90. The highest BCUT2D eigenvalue weighted by molar-refractivity contribution is 6.06. The molecule has 140 valence electrons. The fourth-order valence-corrected chi connectivity index (χ4v) is 4.68. The number of benzene rings is 2. The Morgan fingerprint density at radius 1 is 0.893 bits per heavy atom. The predicted molar refractivity (Wildman–Crippen MR) is 113 cm³/mol. The van der Waals surface area contributed by atoms with Crippen LogP contribution in [0.1, 0.15) is 47.4 Å². The summed E-state index contributed by atoms with van der Waals surface area (Å²) in [5, 5.41) is 3.53. The van der Waals surface area contributed by atoms with Gasteiger partial charge in [-0.15, -0.1) is 0 Å². The molecule has 0 radical (unpaired) electrons. The zero-order valence-corrected chi connectivity index (χ0v) is 16.4. The van der Waals surface area contributed by atoms with E-state index in [1.54, 1.807) is 0 Å². The summed E-state index contributed by atoms with van der Waals surface area (Å²) in [5.41, 5.74) is 7.59. The molecule has 0 atom stereocenters.